The molecule has 7 heteroatoms. The fraction of sp³-hybridized carbons (Fsp3) is 0.333. The van der Waals surface area contributed by atoms with Crippen LogP contribution in [0, 0.1) is 12.8 Å². The van der Waals surface area contributed by atoms with Crippen molar-refractivity contribution in [2.24, 2.45) is 5.92 Å². The van der Waals surface area contributed by atoms with Gasteiger partial charge in [-0.25, -0.2) is 14.5 Å². The number of rotatable bonds is 6. The molecule has 0 aliphatic heterocycles. The molecule has 0 fully saturated rings. The maximum absolute atomic E-state index is 13.1. The molecule has 0 spiro atoms. The summed E-state index contributed by atoms with van der Waals surface area (Å²) in [6.07, 6.45) is 1.66. The van der Waals surface area contributed by atoms with Gasteiger partial charge in [-0.1, -0.05) is 37.7 Å². The van der Waals surface area contributed by atoms with Crippen molar-refractivity contribution in [1.82, 2.24) is 19.9 Å². The van der Waals surface area contributed by atoms with Gasteiger partial charge in [-0.3, -0.25) is 9.59 Å². The summed E-state index contributed by atoms with van der Waals surface area (Å²) < 4.78 is 1.49. The fourth-order valence-electron chi connectivity index (χ4n) is 2.65. The van der Waals surface area contributed by atoms with Gasteiger partial charge in [-0.2, -0.15) is 0 Å². The van der Waals surface area contributed by atoms with Gasteiger partial charge in [0.2, 0.25) is 5.91 Å². The highest BCUT2D eigenvalue weighted by Crippen LogP contribution is 2.21. The van der Waals surface area contributed by atoms with E-state index in [0.29, 0.717) is 27.8 Å². The molecule has 1 atom stereocenters. The highest BCUT2D eigenvalue weighted by Gasteiger charge is 2.17. The number of carbonyl (C=O) groups excluding carboxylic acids is 1. The van der Waals surface area contributed by atoms with Crippen LogP contribution in [0.4, 0.5) is 0 Å². The van der Waals surface area contributed by atoms with Crippen LogP contribution in [0.5, 0.6) is 0 Å². The Balaban J connectivity index is 2.00. The lowest BCUT2D eigenvalue weighted by atomic mass is 10.1. The first kappa shape index (κ1) is 20.1. The van der Waals surface area contributed by atoms with Gasteiger partial charge in [0.25, 0.3) is 5.56 Å². The number of carbonyl (C=O) groups is 1. The van der Waals surface area contributed by atoms with E-state index >= 15 is 0 Å². The van der Waals surface area contributed by atoms with Crippen LogP contribution in [0.3, 0.4) is 0 Å². The summed E-state index contributed by atoms with van der Waals surface area (Å²) >= 11 is 1.24. The molecule has 0 saturated heterocycles. The van der Waals surface area contributed by atoms with Crippen molar-refractivity contribution in [1.29, 1.82) is 0 Å². The van der Waals surface area contributed by atoms with Crippen molar-refractivity contribution in [3.63, 3.8) is 0 Å². The molecule has 28 heavy (non-hydrogen) atoms. The highest BCUT2D eigenvalue weighted by atomic mass is 32.2. The maximum Gasteiger partial charge on any atom is 0.267 e. The highest BCUT2D eigenvalue weighted by molar-refractivity contribution is 7.99. The van der Waals surface area contributed by atoms with E-state index in [-0.39, 0.29) is 23.3 Å². The second kappa shape index (κ2) is 8.56. The molecule has 0 aliphatic rings. The Labute approximate surface area is 168 Å². The number of pyridine rings is 1. The molecule has 1 amide bonds. The third-order valence-corrected chi connectivity index (χ3v) is 5.53. The number of benzene rings is 1. The summed E-state index contributed by atoms with van der Waals surface area (Å²) in [4.78, 5) is 34.4. The smallest absolute Gasteiger partial charge is 0.267 e. The zero-order valence-electron chi connectivity index (χ0n) is 16.5. The standard InChI is InChI=1S/C21H24N4O2S/c1-13(2)15(4)23-19(26)12-28-21-24-17-8-6-5-7-16(17)20(27)25(21)18-11-14(3)9-10-22-18/h5-11,13,15H,12H2,1-4H3,(H,23,26). The Morgan fingerprint density at radius 1 is 1.21 bits per heavy atom. The molecule has 1 unspecified atom stereocenters. The van der Waals surface area contributed by atoms with E-state index < -0.39 is 0 Å². The molecule has 0 aliphatic carbocycles. The quantitative estimate of drug-likeness (QED) is 0.511. The van der Waals surface area contributed by atoms with E-state index in [1.165, 1.54) is 16.3 Å². The van der Waals surface area contributed by atoms with Crippen LogP contribution in [-0.4, -0.2) is 32.2 Å². The summed E-state index contributed by atoms with van der Waals surface area (Å²) in [5.74, 6) is 0.940. The number of aromatic nitrogens is 3. The second-order valence-corrected chi connectivity index (χ2v) is 8.07. The van der Waals surface area contributed by atoms with Gasteiger partial charge < -0.3 is 5.32 Å². The normalized spacial score (nSPS) is 12.3. The largest absolute Gasteiger partial charge is 0.353 e. The molecule has 1 N–H and O–H groups in total. The summed E-state index contributed by atoms with van der Waals surface area (Å²) in [5, 5.41) is 3.95. The van der Waals surface area contributed by atoms with Crippen molar-refractivity contribution >= 4 is 28.6 Å². The molecule has 3 rings (SSSR count). The van der Waals surface area contributed by atoms with Crippen LogP contribution in [0.15, 0.2) is 52.5 Å². The molecule has 2 heterocycles. The number of nitrogens with zero attached hydrogens (tertiary/aromatic N) is 3. The summed E-state index contributed by atoms with van der Waals surface area (Å²) in [6, 6.07) is 11.0. The molecule has 0 saturated carbocycles. The molecular weight excluding hydrogens is 372 g/mol. The van der Waals surface area contributed by atoms with Crippen LogP contribution < -0.4 is 10.9 Å². The van der Waals surface area contributed by atoms with Crippen LogP contribution in [0.1, 0.15) is 26.3 Å². The van der Waals surface area contributed by atoms with Gasteiger partial charge in [0, 0.05) is 12.2 Å². The number of hydrogen-bond donors (Lipinski definition) is 1. The van der Waals surface area contributed by atoms with E-state index in [4.69, 9.17) is 0 Å². The Kier molecular flexibility index (Phi) is 6.14. The van der Waals surface area contributed by atoms with Crippen LogP contribution in [-0.2, 0) is 4.79 Å². The minimum Gasteiger partial charge on any atom is -0.353 e. The maximum atomic E-state index is 13.1. The first-order chi connectivity index (χ1) is 13.4. The van der Waals surface area contributed by atoms with Gasteiger partial charge in [-0.05, 0) is 49.6 Å². The van der Waals surface area contributed by atoms with Crippen molar-refractivity contribution in [3.05, 3.63) is 58.5 Å². The molecule has 3 aromatic rings. The Morgan fingerprint density at radius 3 is 2.68 bits per heavy atom. The lowest BCUT2D eigenvalue weighted by Crippen LogP contribution is -2.37. The number of fused-ring (bicyclic) bond motifs is 1. The Morgan fingerprint density at radius 2 is 1.96 bits per heavy atom. The average Bonchev–Trinajstić information content (AvgIpc) is 2.66. The zero-order chi connectivity index (χ0) is 20.3. The number of nitrogens with one attached hydrogen (secondary N) is 1. The van der Waals surface area contributed by atoms with Crippen LogP contribution in [0.2, 0.25) is 0 Å². The van der Waals surface area contributed by atoms with E-state index in [1.807, 2.05) is 38.1 Å². The number of thioether (sulfide) groups is 1. The molecule has 6 nitrogen and oxygen atoms in total. The second-order valence-electron chi connectivity index (χ2n) is 7.13. The van der Waals surface area contributed by atoms with Gasteiger partial charge in [0.05, 0.1) is 16.7 Å². The van der Waals surface area contributed by atoms with E-state index in [9.17, 15) is 9.59 Å². The first-order valence-corrected chi connectivity index (χ1v) is 10.2. The van der Waals surface area contributed by atoms with Gasteiger partial charge in [-0.15, -0.1) is 0 Å². The molecule has 0 bridgehead atoms. The predicted octanol–water partition coefficient (Wildman–Crippen LogP) is 3.34. The van der Waals surface area contributed by atoms with Gasteiger partial charge in [0.15, 0.2) is 5.16 Å². The summed E-state index contributed by atoms with van der Waals surface area (Å²) in [7, 11) is 0. The third-order valence-electron chi connectivity index (χ3n) is 4.60. The van der Waals surface area contributed by atoms with E-state index in [2.05, 4.69) is 29.1 Å². The average molecular weight is 397 g/mol. The molecule has 146 valence electrons. The van der Waals surface area contributed by atoms with E-state index in [0.717, 1.165) is 5.56 Å². The Hall–Kier alpha value is -2.67. The van der Waals surface area contributed by atoms with Crippen molar-refractivity contribution < 1.29 is 4.79 Å². The topological polar surface area (TPSA) is 76.9 Å². The third kappa shape index (κ3) is 4.42. The van der Waals surface area contributed by atoms with Crippen molar-refractivity contribution in [2.75, 3.05) is 5.75 Å². The lowest BCUT2D eigenvalue weighted by Gasteiger charge is -2.17. The van der Waals surface area contributed by atoms with Crippen molar-refractivity contribution in [2.45, 2.75) is 38.9 Å². The first-order valence-electron chi connectivity index (χ1n) is 9.24. The number of aryl methyl sites for hydroxylation is 1. The van der Waals surface area contributed by atoms with Crippen LogP contribution in [0.25, 0.3) is 16.7 Å². The molecule has 2 aromatic heterocycles. The number of para-hydroxylation sites is 1. The van der Waals surface area contributed by atoms with Gasteiger partial charge >= 0.3 is 0 Å². The van der Waals surface area contributed by atoms with E-state index in [1.54, 1.807) is 18.3 Å². The summed E-state index contributed by atoms with van der Waals surface area (Å²) in [5.41, 5.74) is 1.40. The summed E-state index contributed by atoms with van der Waals surface area (Å²) in [6.45, 7) is 8.04. The molecular formula is C21H24N4O2S. The number of amides is 1. The minimum absolute atomic E-state index is 0.0818. The van der Waals surface area contributed by atoms with Crippen molar-refractivity contribution in [3.8, 4) is 5.82 Å². The van der Waals surface area contributed by atoms with Gasteiger partial charge in [0.1, 0.15) is 5.82 Å². The fourth-order valence-corrected chi connectivity index (χ4v) is 3.46. The predicted molar refractivity (Wildman–Crippen MR) is 113 cm³/mol. The SMILES string of the molecule is Cc1ccnc(-n2c(SCC(=O)NC(C)C(C)C)nc3ccccc3c2=O)c1. The Bertz CT molecular complexity index is 1060. The monoisotopic (exact) mass is 396 g/mol. The van der Waals surface area contributed by atoms with Crippen LogP contribution >= 0.6 is 11.8 Å². The molecule has 0 radical (unpaired) electrons. The minimum atomic E-state index is -0.192. The molecule has 1 aromatic carbocycles. The lowest BCUT2D eigenvalue weighted by molar-refractivity contribution is -0.119. The number of hydrogen-bond acceptors (Lipinski definition) is 5. The zero-order valence-corrected chi connectivity index (χ0v) is 17.3.